The molecule has 172 valence electrons. The van der Waals surface area contributed by atoms with Crippen LogP contribution in [-0.2, 0) is 9.84 Å². The van der Waals surface area contributed by atoms with Crippen molar-refractivity contribution in [2.24, 2.45) is 0 Å². The van der Waals surface area contributed by atoms with Crippen LogP contribution in [0.25, 0.3) is 0 Å². The predicted molar refractivity (Wildman–Crippen MR) is 111 cm³/mol. The largest absolute Gasteiger partial charge is 0.351 e. The fourth-order valence-corrected chi connectivity index (χ4v) is 4.29. The molecule has 0 saturated carbocycles. The summed E-state index contributed by atoms with van der Waals surface area (Å²) in [6.45, 7) is 2.39. The number of amides is 2. The average Bonchev–Trinajstić information content (AvgIpc) is 2.79. The maximum atomic E-state index is 13.0. The highest BCUT2D eigenvalue weighted by atomic mass is 32.2. The molecular formula is C21H22F3N3O4S. The van der Waals surface area contributed by atoms with Crippen molar-refractivity contribution in [3.05, 3.63) is 65.5 Å². The summed E-state index contributed by atoms with van der Waals surface area (Å²) in [4.78, 5) is 27.6. The Morgan fingerprint density at radius 2 is 1.59 bits per heavy atom. The summed E-state index contributed by atoms with van der Waals surface area (Å²) in [7, 11) is -4.90. The molecule has 7 nitrogen and oxygen atoms in total. The molecular weight excluding hydrogens is 447 g/mol. The lowest BCUT2D eigenvalue weighted by atomic mass is 10.2. The Hall–Kier alpha value is -2.92. The third-order valence-corrected chi connectivity index (χ3v) is 6.58. The number of nitrogens with one attached hydrogen (secondary N) is 1. The number of hydrogen-bond acceptors (Lipinski definition) is 5. The maximum Gasteiger partial charge on any atom is 0.341 e. The first kappa shape index (κ1) is 23.7. The standard InChI is InChI=1S/C21H22F3N3O4S/c22-16-7-5-15(6-8-16)19(28)25-9-10-26-11-13-27(14-12-26)20(29)17-3-1-2-4-18(17)32(30,31)21(23)24/h1-8,21H,9-14H2,(H,25,28). The lowest BCUT2D eigenvalue weighted by molar-refractivity contribution is 0.0634. The second kappa shape index (κ2) is 10.1. The minimum atomic E-state index is -4.90. The Labute approximate surface area is 183 Å². The first-order valence-electron chi connectivity index (χ1n) is 9.86. The van der Waals surface area contributed by atoms with Gasteiger partial charge < -0.3 is 10.2 Å². The molecule has 32 heavy (non-hydrogen) atoms. The van der Waals surface area contributed by atoms with Gasteiger partial charge in [0.05, 0.1) is 10.5 Å². The number of alkyl halides is 2. The molecule has 2 aromatic carbocycles. The SMILES string of the molecule is O=C(NCCN1CCN(C(=O)c2ccccc2S(=O)(=O)C(F)F)CC1)c1ccc(F)cc1. The van der Waals surface area contributed by atoms with Gasteiger partial charge >= 0.3 is 5.76 Å². The van der Waals surface area contributed by atoms with Gasteiger partial charge in [-0.25, -0.2) is 12.8 Å². The molecule has 1 saturated heterocycles. The quantitative estimate of drug-likeness (QED) is 0.671. The molecule has 1 N–H and O–H groups in total. The Balaban J connectivity index is 1.52. The fraction of sp³-hybridized carbons (Fsp3) is 0.333. The summed E-state index contributed by atoms with van der Waals surface area (Å²) in [5, 5.41) is 2.74. The van der Waals surface area contributed by atoms with Crippen LogP contribution in [0.3, 0.4) is 0 Å². The number of rotatable bonds is 7. The molecule has 11 heteroatoms. The van der Waals surface area contributed by atoms with E-state index in [2.05, 4.69) is 5.32 Å². The summed E-state index contributed by atoms with van der Waals surface area (Å²) < 4.78 is 62.7. The zero-order valence-electron chi connectivity index (χ0n) is 17.0. The lowest BCUT2D eigenvalue weighted by Gasteiger charge is -2.35. The Morgan fingerprint density at radius 1 is 0.969 bits per heavy atom. The minimum absolute atomic E-state index is 0.271. The molecule has 2 aromatic rings. The van der Waals surface area contributed by atoms with Crippen LogP contribution < -0.4 is 5.32 Å². The Morgan fingerprint density at radius 3 is 2.22 bits per heavy atom. The van der Waals surface area contributed by atoms with Crippen LogP contribution in [0.5, 0.6) is 0 Å². The highest BCUT2D eigenvalue weighted by molar-refractivity contribution is 7.91. The number of carbonyl (C=O) groups is 2. The molecule has 0 radical (unpaired) electrons. The van der Waals surface area contributed by atoms with Crippen LogP contribution in [0.15, 0.2) is 53.4 Å². The van der Waals surface area contributed by atoms with Crippen molar-refractivity contribution < 1.29 is 31.2 Å². The molecule has 3 rings (SSSR count). The minimum Gasteiger partial charge on any atom is -0.351 e. The maximum absolute atomic E-state index is 13.0. The molecule has 0 spiro atoms. The number of halogens is 3. The molecule has 0 atom stereocenters. The number of nitrogens with zero attached hydrogens (tertiary/aromatic N) is 2. The molecule has 0 bridgehead atoms. The summed E-state index contributed by atoms with van der Waals surface area (Å²) >= 11 is 0. The first-order chi connectivity index (χ1) is 15.2. The molecule has 1 aliphatic rings. The van der Waals surface area contributed by atoms with Gasteiger partial charge in [0.25, 0.3) is 11.8 Å². The van der Waals surface area contributed by atoms with E-state index in [0.717, 1.165) is 6.07 Å². The van der Waals surface area contributed by atoms with E-state index in [-0.39, 0.29) is 24.6 Å². The van der Waals surface area contributed by atoms with Gasteiger partial charge in [-0.2, -0.15) is 8.78 Å². The first-order valence-corrected chi connectivity index (χ1v) is 11.4. The lowest BCUT2D eigenvalue weighted by Crippen LogP contribution is -2.50. The van der Waals surface area contributed by atoms with E-state index < -0.39 is 32.2 Å². The summed E-state index contributed by atoms with van der Waals surface area (Å²) in [5.74, 6) is -4.98. The molecule has 0 unspecified atom stereocenters. The van der Waals surface area contributed by atoms with E-state index in [9.17, 15) is 31.2 Å². The number of piperazine rings is 1. The number of hydrogen-bond donors (Lipinski definition) is 1. The predicted octanol–water partition coefficient (Wildman–Crippen LogP) is 2.01. The van der Waals surface area contributed by atoms with Gasteiger partial charge in [0.2, 0.25) is 9.84 Å². The van der Waals surface area contributed by atoms with Crippen molar-refractivity contribution >= 4 is 21.7 Å². The fourth-order valence-electron chi connectivity index (χ4n) is 3.36. The summed E-state index contributed by atoms with van der Waals surface area (Å²) in [6.07, 6.45) is 0. The van der Waals surface area contributed by atoms with Crippen molar-refractivity contribution in [2.45, 2.75) is 10.7 Å². The molecule has 0 aliphatic carbocycles. The smallest absolute Gasteiger partial charge is 0.341 e. The van der Waals surface area contributed by atoms with E-state index in [1.807, 2.05) is 4.90 Å². The summed E-state index contributed by atoms with van der Waals surface area (Å²) in [5.41, 5.74) is 0.0760. The second-order valence-corrected chi connectivity index (χ2v) is 9.08. The van der Waals surface area contributed by atoms with Gasteiger partial charge in [-0.3, -0.25) is 14.5 Å². The number of sulfone groups is 1. The van der Waals surface area contributed by atoms with Crippen LogP contribution in [0, 0.1) is 5.82 Å². The van der Waals surface area contributed by atoms with E-state index in [1.165, 1.54) is 47.4 Å². The third-order valence-electron chi connectivity index (χ3n) is 5.14. The third kappa shape index (κ3) is 5.46. The van der Waals surface area contributed by atoms with Gasteiger partial charge in [-0.05, 0) is 36.4 Å². The van der Waals surface area contributed by atoms with Crippen molar-refractivity contribution in [1.82, 2.24) is 15.1 Å². The zero-order chi connectivity index (χ0) is 23.3. The van der Waals surface area contributed by atoms with Crippen molar-refractivity contribution in [2.75, 3.05) is 39.3 Å². The average molecular weight is 469 g/mol. The highest BCUT2D eigenvalue weighted by Crippen LogP contribution is 2.23. The molecule has 0 aromatic heterocycles. The van der Waals surface area contributed by atoms with Gasteiger partial charge in [-0.15, -0.1) is 0 Å². The van der Waals surface area contributed by atoms with E-state index >= 15 is 0 Å². The topological polar surface area (TPSA) is 86.8 Å². The van der Waals surface area contributed by atoms with Crippen LogP contribution in [0.4, 0.5) is 13.2 Å². The van der Waals surface area contributed by atoms with Gasteiger partial charge in [0.15, 0.2) is 0 Å². The Bertz CT molecular complexity index is 1070. The van der Waals surface area contributed by atoms with Crippen LogP contribution >= 0.6 is 0 Å². The number of carbonyl (C=O) groups excluding carboxylic acids is 2. The van der Waals surface area contributed by atoms with Crippen molar-refractivity contribution in [3.63, 3.8) is 0 Å². The monoisotopic (exact) mass is 469 g/mol. The Kier molecular flexibility index (Phi) is 7.52. The van der Waals surface area contributed by atoms with E-state index in [4.69, 9.17) is 0 Å². The van der Waals surface area contributed by atoms with Crippen molar-refractivity contribution in [3.8, 4) is 0 Å². The number of benzene rings is 2. The normalized spacial score (nSPS) is 15.1. The van der Waals surface area contributed by atoms with Crippen LogP contribution in [0.1, 0.15) is 20.7 Å². The summed E-state index contributed by atoms with van der Waals surface area (Å²) in [6, 6.07) is 10.2. The molecule has 1 heterocycles. The van der Waals surface area contributed by atoms with E-state index in [0.29, 0.717) is 31.7 Å². The highest BCUT2D eigenvalue weighted by Gasteiger charge is 2.32. The second-order valence-electron chi connectivity index (χ2n) is 7.20. The van der Waals surface area contributed by atoms with Crippen LogP contribution in [0.2, 0.25) is 0 Å². The van der Waals surface area contributed by atoms with Gasteiger partial charge in [0, 0.05) is 44.8 Å². The van der Waals surface area contributed by atoms with Crippen molar-refractivity contribution in [1.29, 1.82) is 0 Å². The van der Waals surface area contributed by atoms with E-state index in [1.54, 1.807) is 0 Å². The van der Waals surface area contributed by atoms with Crippen LogP contribution in [-0.4, -0.2) is 75.1 Å². The molecule has 1 fully saturated rings. The van der Waals surface area contributed by atoms with Gasteiger partial charge in [-0.1, -0.05) is 12.1 Å². The van der Waals surface area contributed by atoms with Gasteiger partial charge in [0.1, 0.15) is 5.82 Å². The zero-order valence-corrected chi connectivity index (χ0v) is 17.8. The molecule has 2 amide bonds. The molecule has 1 aliphatic heterocycles.